The second kappa shape index (κ2) is 7.78. The van der Waals surface area contributed by atoms with Crippen LogP contribution in [0.2, 0.25) is 0 Å². The molecule has 3 aromatic heterocycles. The lowest BCUT2D eigenvalue weighted by atomic mass is 9.94. The quantitative estimate of drug-likeness (QED) is 0.596. The van der Waals surface area contributed by atoms with Gasteiger partial charge in [0.1, 0.15) is 0 Å². The standard InChI is InChI=1S/C20H21F3N4OS/c1-2-5-19(28)26-8-3-6-13(12-26)14-11-18-24-15(16-7-4-9-29-16)10-17(20(21,22)23)27(18)25-14/h4,7,9-11,13H,2-3,5-6,8,12H2,1H3/t13-/m1/s1. The van der Waals surface area contributed by atoms with Gasteiger partial charge in [-0.1, -0.05) is 13.0 Å². The van der Waals surface area contributed by atoms with E-state index >= 15 is 0 Å². The summed E-state index contributed by atoms with van der Waals surface area (Å²) in [4.78, 5) is 19.1. The fourth-order valence-corrected chi connectivity index (χ4v) is 4.45. The molecule has 1 aliphatic heterocycles. The minimum atomic E-state index is -4.55. The number of thiophene rings is 1. The lowest BCUT2D eigenvalue weighted by Crippen LogP contribution is -2.39. The van der Waals surface area contributed by atoms with Gasteiger partial charge in [0.15, 0.2) is 11.3 Å². The molecule has 9 heteroatoms. The van der Waals surface area contributed by atoms with E-state index in [4.69, 9.17) is 0 Å². The third-order valence-corrected chi connectivity index (χ3v) is 6.06. The minimum Gasteiger partial charge on any atom is -0.342 e. The second-order valence-electron chi connectivity index (χ2n) is 7.27. The molecule has 0 radical (unpaired) electrons. The van der Waals surface area contributed by atoms with Crippen molar-refractivity contribution in [2.24, 2.45) is 0 Å². The molecule has 0 bridgehead atoms. The number of nitrogens with zero attached hydrogens (tertiary/aromatic N) is 4. The van der Waals surface area contributed by atoms with Crippen molar-refractivity contribution < 1.29 is 18.0 Å². The number of hydrogen-bond acceptors (Lipinski definition) is 4. The fourth-order valence-electron chi connectivity index (χ4n) is 3.76. The number of carbonyl (C=O) groups is 1. The monoisotopic (exact) mass is 422 g/mol. The van der Waals surface area contributed by atoms with Gasteiger partial charge in [0.2, 0.25) is 5.91 Å². The summed E-state index contributed by atoms with van der Waals surface area (Å²) < 4.78 is 42.0. The van der Waals surface area contributed by atoms with Crippen molar-refractivity contribution in [3.05, 3.63) is 41.0 Å². The van der Waals surface area contributed by atoms with Gasteiger partial charge in [0, 0.05) is 31.5 Å². The molecule has 154 valence electrons. The number of alkyl halides is 3. The predicted molar refractivity (Wildman–Crippen MR) is 105 cm³/mol. The largest absolute Gasteiger partial charge is 0.433 e. The first kappa shape index (κ1) is 19.9. The van der Waals surface area contributed by atoms with Crippen LogP contribution in [0.3, 0.4) is 0 Å². The van der Waals surface area contributed by atoms with E-state index in [9.17, 15) is 18.0 Å². The average molecular weight is 422 g/mol. The summed E-state index contributed by atoms with van der Waals surface area (Å²) in [6, 6.07) is 6.21. The first-order chi connectivity index (χ1) is 13.9. The Labute approximate surface area is 170 Å². The van der Waals surface area contributed by atoms with Gasteiger partial charge >= 0.3 is 6.18 Å². The Hall–Kier alpha value is -2.42. The summed E-state index contributed by atoms with van der Waals surface area (Å²) in [6.45, 7) is 3.14. The first-order valence-electron chi connectivity index (χ1n) is 9.66. The van der Waals surface area contributed by atoms with Gasteiger partial charge in [-0.3, -0.25) is 4.79 Å². The average Bonchev–Trinajstić information content (AvgIpc) is 3.36. The maximum atomic E-state index is 13.7. The van der Waals surface area contributed by atoms with Crippen LogP contribution in [0.25, 0.3) is 16.2 Å². The molecule has 0 unspecified atom stereocenters. The number of rotatable bonds is 4. The van der Waals surface area contributed by atoms with Crippen LogP contribution in [0.5, 0.6) is 0 Å². The predicted octanol–water partition coefficient (Wildman–Crippen LogP) is 4.98. The van der Waals surface area contributed by atoms with E-state index in [0.717, 1.165) is 29.8 Å². The lowest BCUT2D eigenvalue weighted by molar-refractivity contribution is -0.142. The Balaban J connectivity index is 1.72. The summed E-state index contributed by atoms with van der Waals surface area (Å²) in [7, 11) is 0. The molecule has 3 aromatic rings. The van der Waals surface area contributed by atoms with E-state index in [0.29, 0.717) is 30.1 Å². The van der Waals surface area contributed by atoms with Crippen molar-refractivity contribution >= 4 is 22.9 Å². The summed E-state index contributed by atoms with van der Waals surface area (Å²) in [5, 5.41) is 6.07. The van der Waals surface area contributed by atoms with Crippen LogP contribution in [0.4, 0.5) is 13.2 Å². The number of likely N-dealkylation sites (tertiary alicyclic amines) is 1. The van der Waals surface area contributed by atoms with Crippen molar-refractivity contribution in [1.82, 2.24) is 19.5 Å². The highest BCUT2D eigenvalue weighted by atomic mass is 32.1. The summed E-state index contributed by atoms with van der Waals surface area (Å²) in [5.41, 5.74) is 0.178. The van der Waals surface area contributed by atoms with E-state index < -0.39 is 11.9 Å². The number of piperidine rings is 1. The summed E-state index contributed by atoms with van der Waals surface area (Å²) in [6.07, 6.45) is -1.68. The van der Waals surface area contributed by atoms with Crippen molar-refractivity contribution in [2.75, 3.05) is 13.1 Å². The maximum Gasteiger partial charge on any atom is 0.433 e. The number of halogens is 3. The Morgan fingerprint density at radius 2 is 2.17 bits per heavy atom. The van der Waals surface area contributed by atoms with Crippen LogP contribution in [0.15, 0.2) is 29.6 Å². The molecule has 0 aliphatic carbocycles. The Morgan fingerprint density at radius 1 is 1.34 bits per heavy atom. The van der Waals surface area contributed by atoms with E-state index in [1.165, 1.54) is 11.3 Å². The van der Waals surface area contributed by atoms with Crippen LogP contribution >= 0.6 is 11.3 Å². The van der Waals surface area contributed by atoms with E-state index in [1.54, 1.807) is 28.5 Å². The number of amides is 1. The van der Waals surface area contributed by atoms with Gasteiger partial charge in [0.25, 0.3) is 0 Å². The number of fused-ring (bicyclic) bond motifs is 1. The van der Waals surface area contributed by atoms with Gasteiger partial charge in [-0.2, -0.15) is 18.3 Å². The lowest BCUT2D eigenvalue weighted by Gasteiger charge is -2.32. The molecule has 4 rings (SSSR count). The number of aromatic nitrogens is 3. The maximum absolute atomic E-state index is 13.7. The van der Waals surface area contributed by atoms with Crippen LogP contribution in [-0.2, 0) is 11.0 Å². The molecule has 0 saturated carbocycles. The van der Waals surface area contributed by atoms with Crippen molar-refractivity contribution in [3.63, 3.8) is 0 Å². The van der Waals surface area contributed by atoms with Gasteiger partial charge in [-0.15, -0.1) is 11.3 Å². The van der Waals surface area contributed by atoms with Gasteiger partial charge in [-0.25, -0.2) is 9.50 Å². The Kier molecular flexibility index (Phi) is 5.33. The zero-order valence-electron chi connectivity index (χ0n) is 15.9. The second-order valence-corrected chi connectivity index (χ2v) is 8.22. The molecule has 0 aromatic carbocycles. The molecule has 0 N–H and O–H groups in total. The first-order valence-corrected chi connectivity index (χ1v) is 10.5. The molecule has 0 spiro atoms. The van der Waals surface area contributed by atoms with Crippen molar-refractivity contribution in [3.8, 4) is 10.6 Å². The third-order valence-electron chi connectivity index (χ3n) is 5.17. The van der Waals surface area contributed by atoms with Crippen LogP contribution in [0.1, 0.15) is 49.9 Å². The molecule has 1 atom stereocenters. The summed E-state index contributed by atoms with van der Waals surface area (Å²) in [5.74, 6) is 0.00702. The van der Waals surface area contributed by atoms with Gasteiger partial charge in [0.05, 0.1) is 16.3 Å². The zero-order chi connectivity index (χ0) is 20.6. The van der Waals surface area contributed by atoms with Gasteiger partial charge < -0.3 is 4.90 Å². The molecular formula is C20H21F3N4OS. The molecular weight excluding hydrogens is 401 g/mol. The Bertz CT molecular complexity index is 1010. The van der Waals surface area contributed by atoms with Gasteiger partial charge in [-0.05, 0) is 36.8 Å². The van der Waals surface area contributed by atoms with E-state index in [1.807, 2.05) is 6.92 Å². The molecule has 1 saturated heterocycles. The van der Waals surface area contributed by atoms with Crippen LogP contribution in [0, 0.1) is 0 Å². The highest BCUT2D eigenvalue weighted by Crippen LogP contribution is 2.35. The fraction of sp³-hybridized carbons (Fsp3) is 0.450. The molecule has 1 amide bonds. The minimum absolute atomic E-state index is 0.0856. The highest BCUT2D eigenvalue weighted by Gasteiger charge is 2.36. The summed E-state index contributed by atoms with van der Waals surface area (Å²) >= 11 is 1.34. The zero-order valence-corrected chi connectivity index (χ0v) is 16.8. The van der Waals surface area contributed by atoms with Crippen LogP contribution in [-0.4, -0.2) is 38.5 Å². The SMILES string of the molecule is CCCC(=O)N1CCC[C@@H](c2cc3nc(-c4cccs4)cc(C(F)(F)F)n3n2)C1. The normalized spacial score (nSPS) is 17.8. The van der Waals surface area contributed by atoms with Crippen molar-refractivity contribution in [1.29, 1.82) is 0 Å². The number of hydrogen-bond donors (Lipinski definition) is 0. The molecule has 29 heavy (non-hydrogen) atoms. The Morgan fingerprint density at radius 3 is 2.86 bits per heavy atom. The van der Waals surface area contributed by atoms with E-state index in [-0.39, 0.29) is 23.2 Å². The van der Waals surface area contributed by atoms with Crippen LogP contribution < -0.4 is 0 Å². The molecule has 4 heterocycles. The number of carbonyl (C=O) groups excluding carboxylic acids is 1. The molecule has 1 aliphatic rings. The topological polar surface area (TPSA) is 50.5 Å². The smallest absolute Gasteiger partial charge is 0.342 e. The van der Waals surface area contributed by atoms with E-state index in [2.05, 4.69) is 10.1 Å². The highest BCUT2D eigenvalue weighted by molar-refractivity contribution is 7.13. The third kappa shape index (κ3) is 4.01. The van der Waals surface area contributed by atoms with Crippen molar-refractivity contribution in [2.45, 2.75) is 44.7 Å². The molecule has 1 fully saturated rings. The molecule has 5 nitrogen and oxygen atoms in total.